The summed E-state index contributed by atoms with van der Waals surface area (Å²) in [4.78, 5) is 7.81. The molecular weight excluding hydrogens is 359 g/mol. The Balaban J connectivity index is 1.48. The number of H-pyrrole nitrogens is 2. The van der Waals surface area contributed by atoms with Gasteiger partial charge in [0.15, 0.2) is 5.82 Å². The number of hydrogen-bond donors (Lipinski definition) is 2. The number of nitrogens with zero attached hydrogens (tertiary/aromatic N) is 2. The minimum Gasteiger partial charge on any atom is -0.494 e. The molecule has 0 aliphatic carbocycles. The third-order valence-electron chi connectivity index (χ3n) is 5.03. The number of rotatable bonds is 4. The van der Waals surface area contributed by atoms with Crippen LogP contribution in [0.5, 0.6) is 11.5 Å². The van der Waals surface area contributed by atoms with Crippen molar-refractivity contribution in [3.05, 3.63) is 59.9 Å². The van der Waals surface area contributed by atoms with Gasteiger partial charge in [0.05, 0.1) is 30.8 Å². The van der Waals surface area contributed by atoms with Crippen LogP contribution in [0.1, 0.15) is 24.2 Å². The number of fused-ring (bicyclic) bond motifs is 2. The van der Waals surface area contributed by atoms with Crippen molar-refractivity contribution in [1.82, 2.24) is 20.2 Å². The minimum absolute atomic E-state index is 0.0218. The van der Waals surface area contributed by atoms with Crippen LogP contribution in [0, 0.1) is 5.82 Å². The van der Waals surface area contributed by atoms with Gasteiger partial charge in [0.2, 0.25) is 0 Å². The first-order valence-corrected chi connectivity index (χ1v) is 9.28. The highest BCUT2D eigenvalue weighted by atomic mass is 19.1. The van der Waals surface area contributed by atoms with E-state index in [1.165, 1.54) is 6.07 Å². The number of imidazole rings is 1. The fraction of sp³-hybridized carbons (Fsp3) is 0.238. The smallest absolute Gasteiger partial charge is 0.151 e. The second-order valence-electron chi connectivity index (χ2n) is 6.88. The predicted molar refractivity (Wildman–Crippen MR) is 103 cm³/mol. The highest BCUT2D eigenvalue weighted by molar-refractivity contribution is 5.82. The van der Waals surface area contributed by atoms with Gasteiger partial charge in [-0.05, 0) is 54.8 Å². The number of aromatic amines is 2. The lowest BCUT2D eigenvalue weighted by atomic mass is 9.96. The summed E-state index contributed by atoms with van der Waals surface area (Å²) in [5.41, 5.74) is 3.66. The largest absolute Gasteiger partial charge is 0.494 e. The predicted octanol–water partition coefficient (Wildman–Crippen LogP) is 4.21. The van der Waals surface area contributed by atoms with Crippen LogP contribution in [-0.2, 0) is 6.42 Å². The molecule has 2 N–H and O–H groups in total. The molecule has 0 spiro atoms. The van der Waals surface area contributed by atoms with Crippen molar-refractivity contribution >= 4 is 11.0 Å². The quantitative estimate of drug-likeness (QED) is 0.558. The summed E-state index contributed by atoms with van der Waals surface area (Å²) in [6.07, 6.45) is 4.16. The van der Waals surface area contributed by atoms with E-state index < -0.39 is 0 Å². The molecule has 3 heterocycles. The summed E-state index contributed by atoms with van der Waals surface area (Å²) in [6.45, 7) is 3.07. The molecule has 5 rings (SSSR count). The Morgan fingerprint density at radius 2 is 2.18 bits per heavy atom. The van der Waals surface area contributed by atoms with Crippen molar-refractivity contribution in [2.75, 3.05) is 13.2 Å². The molecule has 0 saturated heterocycles. The first-order valence-electron chi connectivity index (χ1n) is 9.28. The van der Waals surface area contributed by atoms with E-state index in [2.05, 4.69) is 20.2 Å². The number of nitrogens with one attached hydrogen (secondary N) is 2. The zero-order chi connectivity index (χ0) is 19.1. The van der Waals surface area contributed by atoms with Gasteiger partial charge in [-0.2, -0.15) is 5.10 Å². The Hall–Kier alpha value is -3.35. The van der Waals surface area contributed by atoms with Gasteiger partial charge in [-0.3, -0.25) is 5.10 Å². The van der Waals surface area contributed by atoms with E-state index in [9.17, 15) is 4.39 Å². The highest BCUT2D eigenvalue weighted by Crippen LogP contribution is 2.35. The fourth-order valence-electron chi connectivity index (χ4n) is 3.67. The van der Waals surface area contributed by atoms with Crippen LogP contribution in [0.25, 0.3) is 22.2 Å². The van der Waals surface area contributed by atoms with Crippen molar-refractivity contribution in [3.8, 4) is 22.6 Å². The van der Waals surface area contributed by atoms with Crippen LogP contribution in [0.15, 0.2) is 42.7 Å². The van der Waals surface area contributed by atoms with E-state index in [4.69, 9.17) is 9.47 Å². The van der Waals surface area contributed by atoms with Crippen LogP contribution in [0.4, 0.5) is 4.39 Å². The summed E-state index contributed by atoms with van der Waals surface area (Å²) < 4.78 is 26.1. The monoisotopic (exact) mass is 378 g/mol. The maximum absolute atomic E-state index is 14.6. The van der Waals surface area contributed by atoms with E-state index in [1.54, 1.807) is 12.4 Å². The van der Waals surface area contributed by atoms with Gasteiger partial charge in [0, 0.05) is 11.8 Å². The van der Waals surface area contributed by atoms with Crippen molar-refractivity contribution < 1.29 is 13.9 Å². The molecule has 0 amide bonds. The van der Waals surface area contributed by atoms with Gasteiger partial charge in [0.25, 0.3) is 0 Å². The Labute approximate surface area is 160 Å². The molecule has 1 aliphatic heterocycles. The van der Waals surface area contributed by atoms with Gasteiger partial charge in [-0.1, -0.05) is 0 Å². The zero-order valence-corrected chi connectivity index (χ0v) is 15.3. The lowest BCUT2D eigenvalue weighted by molar-refractivity contribution is 0.257. The average Bonchev–Trinajstić information content (AvgIpc) is 3.38. The lowest BCUT2D eigenvalue weighted by Gasteiger charge is -2.24. The highest BCUT2D eigenvalue weighted by Gasteiger charge is 2.25. The number of hydrogen-bond acceptors (Lipinski definition) is 4. The van der Waals surface area contributed by atoms with Crippen molar-refractivity contribution in [1.29, 1.82) is 0 Å². The topological polar surface area (TPSA) is 75.8 Å². The van der Waals surface area contributed by atoms with Gasteiger partial charge in [0.1, 0.15) is 22.8 Å². The summed E-state index contributed by atoms with van der Waals surface area (Å²) in [7, 11) is 0. The number of aromatic nitrogens is 4. The minimum atomic E-state index is -0.355. The molecule has 0 bridgehead atoms. The molecule has 0 radical (unpaired) electrons. The van der Waals surface area contributed by atoms with Gasteiger partial charge in [-0.25, -0.2) is 9.37 Å². The van der Waals surface area contributed by atoms with E-state index >= 15 is 0 Å². The molecule has 2 aromatic heterocycles. The summed E-state index contributed by atoms with van der Waals surface area (Å²) in [5.74, 6) is 2.08. The third kappa shape index (κ3) is 2.89. The lowest BCUT2D eigenvalue weighted by Crippen LogP contribution is -2.20. The van der Waals surface area contributed by atoms with Crippen LogP contribution >= 0.6 is 0 Å². The molecular formula is C21H19FN4O2. The molecule has 6 nitrogen and oxygen atoms in total. The Bertz CT molecular complexity index is 1140. The van der Waals surface area contributed by atoms with Crippen LogP contribution < -0.4 is 9.47 Å². The molecule has 2 aromatic carbocycles. The Morgan fingerprint density at radius 3 is 3.00 bits per heavy atom. The summed E-state index contributed by atoms with van der Waals surface area (Å²) in [5, 5.41) is 6.68. The van der Waals surface area contributed by atoms with Crippen LogP contribution in [0.2, 0.25) is 0 Å². The molecule has 4 aromatic rings. The molecule has 0 fully saturated rings. The fourth-order valence-corrected chi connectivity index (χ4v) is 3.67. The molecule has 28 heavy (non-hydrogen) atoms. The summed E-state index contributed by atoms with van der Waals surface area (Å²) >= 11 is 0. The van der Waals surface area contributed by atoms with Crippen LogP contribution in [0.3, 0.4) is 0 Å². The zero-order valence-electron chi connectivity index (χ0n) is 15.3. The molecule has 0 saturated carbocycles. The van der Waals surface area contributed by atoms with E-state index in [-0.39, 0.29) is 11.7 Å². The van der Waals surface area contributed by atoms with E-state index in [0.717, 1.165) is 40.4 Å². The van der Waals surface area contributed by atoms with Gasteiger partial charge in [-0.15, -0.1) is 0 Å². The first kappa shape index (κ1) is 16.8. The molecule has 1 atom stereocenters. The first-order chi connectivity index (χ1) is 13.7. The summed E-state index contributed by atoms with van der Waals surface area (Å²) in [6, 6.07) is 9.23. The molecule has 1 aliphatic rings. The molecule has 1 unspecified atom stereocenters. The number of ether oxygens (including phenoxy) is 2. The number of benzene rings is 2. The standard InChI is InChI=1S/C21H19FN4O2/c1-2-27-16-3-4-19-13(6-16)5-14(11-28-19)21-25-18-8-12(15-9-23-24-10-15)7-17(22)20(18)26-21/h3-4,6-10,14H,2,5,11H2,1H3,(H,23,24)(H,25,26). The maximum Gasteiger partial charge on any atom is 0.151 e. The maximum atomic E-state index is 14.6. The van der Waals surface area contributed by atoms with Gasteiger partial charge >= 0.3 is 0 Å². The SMILES string of the molecule is CCOc1ccc2c(c1)CC(c1nc3c(F)cc(-c4cn[nH]c4)cc3[nH]1)CO2. The van der Waals surface area contributed by atoms with Gasteiger partial charge < -0.3 is 14.5 Å². The Morgan fingerprint density at radius 1 is 1.25 bits per heavy atom. The van der Waals surface area contributed by atoms with Crippen molar-refractivity contribution in [3.63, 3.8) is 0 Å². The molecule has 7 heteroatoms. The number of halogens is 1. The van der Waals surface area contributed by atoms with Crippen molar-refractivity contribution in [2.45, 2.75) is 19.3 Å². The van der Waals surface area contributed by atoms with Crippen LogP contribution in [-0.4, -0.2) is 33.4 Å². The Kier molecular flexibility index (Phi) is 4.00. The van der Waals surface area contributed by atoms with Crippen molar-refractivity contribution in [2.24, 2.45) is 0 Å². The average molecular weight is 378 g/mol. The molecule has 142 valence electrons. The normalized spacial score (nSPS) is 16.0. The van der Waals surface area contributed by atoms with E-state index in [0.29, 0.717) is 24.2 Å². The second kappa shape index (κ2) is 6.67. The second-order valence-corrected chi connectivity index (χ2v) is 6.88. The third-order valence-corrected chi connectivity index (χ3v) is 5.03. The van der Waals surface area contributed by atoms with E-state index in [1.807, 2.05) is 31.2 Å².